The number of hydrogen-bond donors (Lipinski definition) is 2. The molecule has 1 atom stereocenters. The second-order valence-electron chi connectivity index (χ2n) is 5.05. The Labute approximate surface area is 122 Å². The van der Waals surface area contributed by atoms with Crippen molar-refractivity contribution in [2.75, 3.05) is 13.7 Å². The quantitative estimate of drug-likeness (QED) is 0.882. The highest BCUT2D eigenvalue weighted by molar-refractivity contribution is 6.08. The Morgan fingerprint density at radius 1 is 1.19 bits per heavy atom. The first-order valence-corrected chi connectivity index (χ1v) is 6.50. The minimum Gasteiger partial charge on any atom is -0.479 e. The van der Waals surface area contributed by atoms with Gasteiger partial charge in [0.25, 0.3) is 5.91 Å². The van der Waals surface area contributed by atoms with Gasteiger partial charge in [-0.3, -0.25) is 4.79 Å². The van der Waals surface area contributed by atoms with E-state index >= 15 is 0 Å². The number of carbonyl (C=O) groups is 2. The number of nitrogens with one attached hydrogen (secondary N) is 1. The lowest BCUT2D eigenvalue weighted by atomic mass is 10.0. The molecule has 2 N–H and O–H groups in total. The lowest BCUT2D eigenvalue weighted by molar-refractivity contribution is -0.145. The Hall–Kier alpha value is -2.40. The molecule has 0 aliphatic carbocycles. The molecule has 5 heteroatoms. The molecule has 0 saturated carbocycles. The third-order valence-electron chi connectivity index (χ3n) is 3.33. The summed E-state index contributed by atoms with van der Waals surface area (Å²) in [6.07, 6.45) is 0. The molecule has 0 aromatic heterocycles. The van der Waals surface area contributed by atoms with Crippen molar-refractivity contribution < 1.29 is 19.4 Å². The Morgan fingerprint density at radius 3 is 2.52 bits per heavy atom. The minimum absolute atomic E-state index is 0.112. The van der Waals surface area contributed by atoms with Crippen molar-refractivity contribution in [1.82, 2.24) is 5.32 Å². The van der Waals surface area contributed by atoms with E-state index in [9.17, 15) is 14.7 Å². The van der Waals surface area contributed by atoms with Gasteiger partial charge in [0.2, 0.25) is 0 Å². The molecule has 0 heterocycles. The minimum atomic E-state index is -1.47. The number of amides is 1. The molecular weight excluding hydrogens is 270 g/mol. The monoisotopic (exact) mass is 287 g/mol. The molecule has 0 fully saturated rings. The van der Waals surface area contributed by atoms with Crippen molar-refractivity contribution in [3.8, 4) is 0 Å². The topological polar surface area (TPSA) is 75.6 Å². The summed E-state index contributed by atoms with van der Waals surface area (Å²) in [6, 6.07) is 12.8. The number of carbonyl (C=O) groups excluding carboxylic acids is 1. The van der Waals surface area contributed by atoms with Crippen molar-refractivity contribution in [2.24, 2.45) is 0 Å². The number of fused-ring (bicyclic) bond motifs is 1. The van der Waals surface area contributed by atoms with Crippen molar-refractivity contribution in [3.63, 3.8) is 0 Å². The fourth-order valence-corrected chi connectivity index (χ4v) is 2.18. The Morgan fingerprint density at radius 2 is 1.86 bits per heavy atom. The molecule has 110 valence electrons. The zero-order valence-electron chi connectivity index (χ0n) is 11.9. The lowest BCUT2D eigenvalue weighted by Gasteiger charge is -2.25. The van der Waals surface area contributed by atoms with Crippen LogP contribution in [0.4, 0.5) is 0 Å². The number of rotatable bonds is 5. The number of benzene rings is 2. The number of ether oxygens (including phenoxy) is 1. The van der Waals surface area contributed by atoms with Crippen LogP contribution < -0.4 is 5.32 Å². The first-order valence-electron chi connectivity index (χ1n) is 6.50. The molecule has 0 radical (unpaired) electrons. The molecule has 21 heavy (non-hydrogen) atoms. The molecule has 0 saturated heterocycles. The molecule has 1 unspecified atom stereocenters. The average Bonchev–Trinajstić information content (AvgIpc) is 2.46. The third-order valence-corrected chi connectivity index (χ3v) is 3.33. The van der Waals surface area contributed by atoms with Crippen LogP contribution in [0.3, 0.4) is 0 Å². The highest BCUT2D eigenvalue weighted by Gasteiger charge is 2.35. The average molecular weight is 287 g/mol. The fraction of sp³-hybridized carbons (Fsp3) is 0.250. The molecule has 5 nitrogen and oxygen atoms in total. The van der Waals surface area contributed by atoms with E-state index in [0.717, 1.165) is 10.8 Å². The van der Waals surface area contributed by atoms with E-state index in [1.807, 2.05) is 30.3 Å². The Kier molecular flexibility index (Phi) is 4.23. The zero-order valence-corrected chi connectivity index (χ0v) is 11.9. The van der Waals surface area contributed by atoms with Crippen LogP contribution in [0.25, 0.3) is 10.8 Å². The van der Waals surface area contributed by atoms with Gasteiger partial charge in [-0.2, -0.15) is 0 Å². The number of carboxylic acids is 1. The van der Waals surface area contributed by atoms with Crippen molar-refractivity contribution in [1.29, 1.82) is 0 Å². The molecule has 0 aliphatic heterocycles. The van der Waals surface area contributed by atoms with E-state index in [4.69, 9.17) is 4.74 Å². The van der Waals surface area contributed by atoms with Gasteiger partial charge in [-0.15, -0.1) is 0 Å². The summed E-state index contributed by atoms with van der Waals surface area (Å²) in [4.78, 5) is 23.8. The number of aliphatic carboxylic acids is 1. The van der Waals surface area contributed by atoms with Crippen molar-refractivity contribution in [2.45, 2.75) is 12.5 Å². The highest BCUT2D eigenvalue weighted by atomic mass is 16.5. The standard InChI is InChI=1S/C16H17NO4/c1-16(10-21-2,15(19)20)17-14(18)13-9-5-7-11-6-3-4-8-12(11)13/h3-9H,10H2,1-2H3,(H,17,18)(H,19,20). The van der Waals surface area contributed by atoms with Crippen LogP contribution >= 0.6 is 0 Å². The molecule has 2 aromatic carbocycles. The summed E-state index contributed by atoms with van der Waals surface area (Å²) in [5.74, 6) is -1.58. The summed E-state index contributed by atoms with van der Waals surface area (Å²) in [5.41, 5.74) is -1.03. The van der Waals surface area contributed by atoms with Crippen molar-refractivity contribution >= 4 is 22.6 Å². The van der Waals surface area contributed by atoms with Gasteiger partial charge in [-0.1, -0.05) is 36.4 Å². The van der Waals surface area contributed by atoms with Gasteiger partial charge in [0.15, 0.2) is 5.54 Å². The Balaban J connectivity index is 2.36. The smallest absolute Gasteiger partial charge is 0.331 e. The summed E-state index contributed by atoms with van der Waals surface area (Å²) in [5, 5.41) is 13.5. The lowest BCUT2D eigenvalue weighted by Crippen LogP contribution is -2.55. The van der Waals surface area contributed by atoms with E-state index in [1.54, 1.807) is 12.1 Å². The fourth-order valence-electron chi connectivity index (χ4n) is 2.18. The van der Waals surface area contributed by atoms with Crippen LogP contribution in [0.1, 0.15) is 17.3 Å². The predicted octanol–water partition coefficient (Wildman–Crippen LogP) is 2.06. The van der Waals surface area contributed by atoms with Gasteiger partial charge >= 0.3 is 5.97 Å². The zero-order chi connectivity index (χ0) is 15.5. The van der Waals surface area contributed by atoms with E-state index in [2.05, 4.69) is 5.32 Å². The van der Waals surface area contributed by atoms with E-state index in [0.29, 0.717) is 5.56 Å². The highest BCUT2D eigenvalue weighted by Crippen LogP contribution is 2.19. The van der Waals surface area contributed by atoms with Gasteiger partial charge in [0.1, 0.15) is 0 Å². The largest absolute Gasteiger partial charge is 0.479 e. The predicted molar refractivity (Wildman–Crippen MR) is 79.3 cm³/mol. The molecule has 0 spiro atoms. The van der Waals surface area contributed by atoms with E-state index in [-0.39, 0.29) is 6.61 Å². The normalized spacial score (nSPS) is 13.6. The first kappa shape index (κ1) is 15.0. The van der Waals surface area contributed by atoms with Crippen molar-refractivity contribution in [3.05, 3.63) is 48.0 Å². The van der Waals surface area contributed by atoms with Gasteiger partial charge in [-0.25, -0.2) is 4.79 Å². The summed E-state index contributed by atoms with van der Waals surface area (Å²) in [6.45, 7) is 1.31. The summed E-state index contributed by atoms with van der Waals surface area (Å²) >= 11 is 0. The van der Waals surface area contributed by atoms with Gasteiger partial charge < -0.3 is 15.2 Å². The number of hydrogen-bond acceptors (Lipinski definition) is 3. The van der Waals surface area contributed by atoms with Gasteiger partial charge in [-0.05, 0) is 23.8 Å². The maximum absolute atomic E-state index is 12.4. The molecular formula is C16H17NO4. The SMILES string of the molecule is COCC(C)(NC(=O)c1cccc2ccccc12)C(=O)O. The molecule has 1 amide bonds. The molecule has 2 rings (SSSR count). The van der Waals surface area contributed by atoms with Crippen LogP contribution in [0, 0.1) is 0 Å². The Bertz CT molecular complexity index is 678. The molecule has 0 bridgehead atoms. The second-order valence-corrected chi connectivity index (χ2v) is 5.05. The van der Waals surface area contributed by atoms with Crippen LogP contribution in [0.15, 0.2) is 42.5 Å². The maximum atomic E-state index is 12.4. The van der Waals surface area contributed by atoms with Gasteiger partial charge in [0.05, 0.1) is 6.61 Å². The summed E-state index contributed by atoms with van der Waals surface area (Å²) in [7, 11) is 1.39. The maximum Gasteiger partial charge on any atom is 0.331 e. The van der Waals surface area contributed by atoms with Crippen LogP contribution in [-0.2, 0) is 9.53 Å². The molecule has 2 aromatic rings. The van der Waals surface area contributed by atoms with Crippen LogP contribution in [-0.4, -0.2) is 36.2 Å². The second kappa shape index (κ2) is 5.93. The third kappa shape index (κ3) is 3.03. The molecule has 0 aliphatic rings. The first-order chi connectivity index (χ1) is 9.98. The number of carboxylic acid groups (broad SMARTS) is 1. The summed E-state index contributed by atoms with van der Waals surface area (Å²) < 4.78 is 4.90. The van der Waals surface area contributed by atoms with E-state index < -0.39 is 17.4 Å². The number of methoxy groups -OCH3 is 1. The van der Waals surface area contributed by atoms with Gasteiger partial charge in [0, 0.05) is 12.7 Å². The van der Waals surface area contributed by atoms with Crippen LogP contribution in [0.2, 0.25) is 0 Å². The van der Waals surface area contributed by atoms with Crippen LogP contribution in [0.5, 0.6) is 0 Å². The van der Waals surface area contributed by atoms with E-state index in [1.165, 1.54) is 14.0 Å².